The SMILES string of the molecule is COc1ccc(F)cc1C(OC(N)=O)C(=O)Nc1nccs1. The lowest BCUT2D eigenvalue weighted by Gasteiger charge is -2.18. The third-order valence-electron chi connectivity index (χ3n) is 2.61. The van der Waals surface area contributed by atoms with Gasteiger partial charge in [-0.3, -0.25) is 10.1 Å². The molecule has 116 valence electrons. The van der Waals surface area contributed by atoms with Gasteiger partial charge in [0.2, 0.25) is 6.10 Å². The normalized spacial score (nSPS) is 11.5. The second kappa shape index (κ2) is 6.85. The number of benzene rings is 1. The second-order valence-corrected chi connectivity index (χ2v) is 4.92. The highest BCUT2D eigenvalue weighted by Gasteiger charge is 2.28. The minimum absolute atomic E-state index is 0.0374. The summed E-state index contributed by atoms with van der Waals surface area (Å²) in [7, 11) is 1.34. The molecule has 1 heterocycles. The van der Waals surface area contributed by atoms with Crippen molar-refractivity contribution < 1.29 is 23.5 Å². The minimum Gasteiger partial charge on any atom is -0.496 e. The van der Waals surface area contributed by atoms with Gasteiger partial charge in [0.1, 0.15) is 11.6 Å². The van der Waals surface area contributed by atoms with Crippen LogP contribution in [0.3, 0.4) is 0 Å². The van der Waals surface area contributed by atoms with E-state index >= 15 is 0 Å². The van der Waals surface area contributed by atoms with Crippen LogP contribution < -0.4 is 15.8 Å². The van der Waals surface area contributed by atoms with Crippen molar-refractivity contribution in [1.82, 2.24) is 4.98 Å². The number of amides is 2. The van der Waals surface area contributed by atoms with Gasteiger partial charge in [-0.25, -0.2) is 14.2 Å². The predicted octanol–water partition coefficient (Wildman–Crippen LogP) is 2.07. The quantitative estimate of drug-likeness (QED) is 0.876. The summed E-state index contributed by atoms with van der Waals surface area (Å²) in [4.78, 5) is 27.2. The van der Waals surface area contributed by atoms with Crippen LogP contribution in [0.2, 0.25) is 0 Å². The van der Waals surface area contributed by atoms with E-state index in [4.69, 9.17) is 15.2 Å². The Morgan fingerprint density at radius 1 is 1.45 bits per heavy atom. The first-order valence-corrected chi connectivity index (χ1v) is 6.89. The number of nitrogens with zero attached hydrogens (tertiary/aromatic N) is 1. The number of carbonyl (C=O) groups is 2. The second-order valence-electron chi connectivity index (χ2n) is 4.03. The molecule has 3 N–H and O–H groups in total. The Kier molecular flexibility index (Phi) is 4.89. The van der Waals surface area contributed by atoms with Gasteiger partial charge in [0.05, 0.1) is 7.11 Å². The number of thiazole rings is 1. The van der Waals surface area contributed by atoms with Crippen molar-refractivity contribution in [3.8, 4) is 5.75 Å². The third kappa shape index (κ3) is 3.70. The molecule has 2 rings (SSSR count). The van der Waals surface area contributed by atoms with Crippen LogP contribution in [0, 0.1) is 5.82 Å². The number of ether oxygens (including phenoxy) is 2. The average molecular weight is 325 g/mol. The first kappa shape index (κ1) is 15.7. The van der Waals surface area contributed by atoms with Crippen molar-refractivity contribution in [1.29, 1.82) is 0 Å². The highest BCUT2D eigenvalue weighted by atomic mass is 32.1. The van der Waals surface area contributed by atoms with Crippen LogP contribution in [0.5, 0.6) is 5.75 Å². The summed E-state index contributed by atoms with van der Waals surface area (Å²) in [6, 6.07) is 3.51. The number of rotatable bonds is 5. The lowest BCUT2D eigenvalue weighted by atomic mass is 10.1. The van der Waals surface area contributed by atoms with Gasteiger partial charge in [-0.15, -0.1) is 11.3 Å². The van der Waals surface area contributed by atoms with Crippen molar-refractivity contribution in [2.75, 3.05) is 12.4 Å². The van der Waals surface area contributed by atoms with Crippen LogP contribution in [-0.4, -0.2) is 24.1 Å². The molecule has 2 amide bonds. The summed E-state index contributed by atoms with van der Waals surface area (Å²) in [5.41, 5.74) is 5.02. The smallest absolute Gasteiger partial charge is 0.405 e. The van der Waals surface area contributed by atoms with Gasteiger partial charge >= 0.3 is 6.09 Å². The van der Waals surface area contributed by atoms with Gasteiger partial charge in [0, 0.05) is 17.1 Å². The molecule has 9 heteroatoms. The van der Waals surface area contributed by atoms with Crippen molar-refractivity contribution >= 4 is 28.5 Å². The molecule has 7 nitrogen and oxygen atoms in total. The molecule has 1 aromatic carbocycles. The predicted molar refractivity (Wildman–Crippen MR) is 77.1 cm³/mol. The van der Waals surface area contributed by atoms with E-state index in [-0.39, 0.29) is 11.3 Å². The van der Waals surface area contributed by atoms with E-state index < -0.39 is 23.9 Å². The Balaban J connectivity index is 2.35. The number of primary amides is 1. The molecule has 0 aliphatic heterocycles. The van der Waals surface area contributed by atoms with Crippen LogP contribution in [0.25, 0.3) is 0 Å². The molecule has 0 aliphatic rings. The van der Waals surface area contributed by atoms with Crippen molar-refractivity contribution in [3.63, 3.8) is 0 Å². The Labute approximate surface area is 128 Å². The van der Waals surface area contributed by atoms with Gasteiger partial charge in [-0.05, 0) is 18.2 Å². The number of nitrogens with one attached hydrogen (secondary N) is 1. The molecule has 0 radical (unpaired) electrons. The number of hydrogen-bond donors (Lipinski definition) is 2. The fourth-order valence-corrected chi connectivity index (χ4v) is 2.27. The number of anilines is 1. The molecular formula is C13H12FN3O4S. The zero-order valence-electron chi connectivity index (χ0n) is 11.4. The lowest BCUT2D eigenvalue weighted by Crippen LogP contribution is -2.28. The Hall–Kier alpha value is -2.68. The molecule has 0 bridgehead atoms. The molecule has 0 saturated heterocycles. The van der Waals surface area contributed by atoms with Crippen molar-refractivity contribution in [2.45, 2.75) is 6.10 Å². The molecular weight excluding hydrogens is 313 g/mol. The number of methoxy groups -OCH3 is 1. The molecule has 1 unspecified atom stereocenters. The van der Waals surface area contributed by atoms with E-state index in [1.54, 1.807) is 5.38 Å². The van der Waals surface area contributed by atoms with Crippen LogP contribution in [0.4, 0.5) is 14.3 Å². The van der Waals surface area contributed by atoms with E-state index in [2.05, 4.69) is 10.3 Å². The summed E-state index contributed by atoms with van der Waals surface area (Å²) >= 11 is 1.18. The lowest BCUT2D eigenvalue weighted by molar-refractivity contribution is -0.124. The number of halogens is 1. The first-order chi connectivity index (χ1) is 10.5. The maximum absolute atomic E-state index is 13.5. The third-order valence-corrected chi connectivity index (χ3v) is 3.30. The molecule has 0 saturated carbocycles. The molecule has 0 spiro atoms. The standard InChI is InChI=1S/C13H12FN3O4S/c1-20-9-3-2-7(14)6-8(9)10(21-12(15)19)11(18)17-13-16-4-5-22-13/h2-6,10H,1H3,(H2,15,19)(H,16,17,18). The largest absolute Gasteiger partial charge is 0.496 e. The average Bonchev–Trinajstić information content (AvgIpc) is 2.97. The highest BCUT2D eigenvalue weighted by Crippen LogP contribution is 2.30. The zero-order chi connectivity index (χ0) is 16.1. The summed E-state index contributed by atoms with van der Waals surface area (Å²) in [6.45, 7) is 0. The zero-order valence-corrected chi connectivity index (χ0v) is 12.2. The molecule has 0 fully saturated rings. The first-order valence-electron chi connectivity index (χ1n) is 6.01. The van der Waals surface area contributed by atoms with E-state index in [0.717, 1.165) is 12.1 Å². The Bertz CT molecular complexity index is 678. The molecule has 1 atom stereocenters. The summed E-state index contributed by atoms with van der Waals surface area (Å²) in [5.74, 6) is -1.16. The maximum atomic E-state index is 13.5. The number of aromatic nitrogens is 1. The summed E-state index contributed by atoms with van der Waals surface area (Å²) in [6.07, 6.45) is -1.15. The number of nitrogens with two attached hydrogens (primary N) is 1. The summed E-state index contributed by atoms with van der Waals surface area (Å²) in [5, 5.41) is 4.41. The fourth-order valence-electron chi connectivity index (χ4n) is 1.74. The van der Waals surface area contributed by atoms with E-state index in [9.17, 15) is 14.0 Å². The Morgan fingerprint density at radius 3 is 2.82 bits per heavy atom. The van der Waals surface area contributed by atoms with E-state index in [1.807, 2.05) is 0 Å². The van der Waals surface area contributed by atoms with Crippen LogP contribution in [-0.2, 0) is 9.53 Å². The maximum Gasteiger partial charge on any atom is 0.405 e. The van der Waals surface area contributed by atoms with Gasteiger partial charge in [-0.1, -0.05) is 0 Å². The van der Waals surface area contributed by atoms with Crippen molar-refractivity contribution in [3.05, 3.63) is 41.2 Å². The monoisotopic (exact) mass is 325 g/mol. The van der Waals surface area contributed by atoms with Gasteiger partial charge in [0.15, 0.2) is 5.13 Å². The van der Waals surface area contributed by atoms with E-state index in [0.29, 0.717) is 5.13 Å². The van der Waals surface area contributed by atoms with Crippen molar-refractivity contribution in [2.24, 2.45) is 5.73 Å². The number of carbonyl (C=O) groups excluding carboxylic acids is 2. The van der Waals surface area contributed by atoms with Gasteiger partial charge < -0.3 is 15.2 Å². The molecule has 1 aromatic heterocycles. The van der Waals surface area contributed by atoms with Crippen LogP contribution >= 0.6 is 11.3 Å². The van der Waals surface area contributed by atoms with Crippen LogP contribution in [0.1, 0.15) is 11.7 Å². The van der Waals surface area contributed by atoms with Gasteiger partial charge in [-0.2, -0.15) is 0 Å². The summed E-state index contributed by atoms with van der Waals surface area (Å²) < 4.78 is 23.3. The fraction of sp³-hybridized carbons (Fsp3) is 0.154. The molecule has 0 aliphatic carbocycles. The minimum atomic E-state index is -1.47. The van der Waals surface area contributed by atoms with Gasteiger partial charge in [0.25, 0.3) is 5.91 Å². The van der Waals surface area contributed by atoms with E-state index in [1.165, 1.54) is 30.7 Å². The molecule has 22 heavy (non-hydrogen) atoms. The Morgan fingerprint density at radius 2 is 2.23 bits per heavy atom. The van der Waals surface area contributed by atoms with Crippen LogP contribution in [0.15, 0.2) is 29.8 Å². The number of hydrogen-bond acceptors (Lipinski definition) is 6. The topological polar surface area (TPSA) is 104 Å². The highest BCUT2D eigenvalue weighted by molar-refractivity contribution is 7.13. The molecule has 2 aromatic rings.